The van der Waals surface area contributed by atoms with Gasteiger partial charge in [0, 0.05) is 0 Å². The third-order valence-corrected chi connectivity index (χ3v) is 2.26. The molecule has 0 saturated heterocycles. The quantitative estimate of drug-likeness (QED) is 0.460. The first-order chi connectivity index (χ1) is 7.66. The van der Waals surface area contributed by atoms with Crippen molar-refractivity contribution in [2.45, 2.75) is 6.54 Å². The molecule has 2 N–H and O–H groups in total. The van der Waals surface area contributed by atoms with Crippen LogP contribution in [-0.4, -0.2) is 38.7 Å². The van der Waals surface area contributed by atoms with Gasteiger partial charge in [0.15, 0.2) is 0 Å². The summed E-state index contributed by atoms with van der Waals surface area (Å²) in [5.41, 5.74) is 4.06. The average molecular weight is 261 g/mol. The molecule has 96 valence electrons. The lowest BCUT2D eigenvalue weighted by Gasteiger charge is -2.24. The van der Waals surface area contributed by atoms with Crippen LogP contribution in [0.3, 0.4) is 0 Å². The summed E-state index contributed by atoms with van der Waals surface area (Å²) in [5.74, 6) is 0.0909. The molecule has 0 heterocycles. The number of benzene rings is 1. The molecular formula is C10H17N2O4S+. The maximum atomic E-state index is 10.5. The van der Waals surface area contributed by atoms with Crippen LogP contribution in [0.4, 0.5) is 0 Å². The van der Waals surface area contributed by atoms with Gasteiger partial charge in [-0.15, -0.1) is 0 Å². The lowest BCUT2D eigenvalue weighted by molar-refractivity contribution is -0.917. The van der Waals surface area contributed by atoms with Crippen molar-refractivity contribution in [3.05, 3.63) is 29.8 Å². The van der Waals surface area contributed by atoms with Crippen molar-refractivity contribution < 1.29 is 21.7 Å². The van der Waals surface area contributed by atoms with Crippen molar-refractivity contribution >= 4 is 10.4 Å². The van der Waals surface area contributed by atoms with E-state index in [9.17, 15) is 8.42 Å². The van der Waals surface area contributed by atoms with Gasteiger partial charge in [0.05, 0.1) is 27.7 Å². The van der Waals surface area contributed by atoms with E-state index in [1.165, 1.54) is 6.07 Å². The second kappa shape index (κ2) is 5.01. The fraction of sp³-hybridized carbons (Fsp3) is 0.400. The van der Waals surface area contributed by atoms with E-state index in [0.717, 1.165) is 5.56 Å². The van der Waals surface area contributed by atoms with Gasteiger partial charge in [-0.1, -0.05) is 12.1 Å². The van der Waals surface area contributed by atoms with Crippen molar-refractivity contribution in [2.24, 2.45) is 0 Å². The largest absolute Gasteiger partial charge is 0.446 e. The van der Waals surface area contributed by atoms with Gasteiger partial charge in [-0.3, -0.25) is 9.14 Å². The Bertz CT molecular complexity index is 479. The van der Waals surface area contributed by atoms with Crippen LogP contribution in [0.25, 0.3) is 0 Å². The zero-order chi connectivity index (χ0) is 13.1. The van der Waals surface area contributed by atoms with Crippen molar-refractivity contribution in [2.75, 3.05) is 21.1 Å². The van der Waals surface area contributed by atoms with Crippen molar-refractivity contribution in [1.82, 2.24) is 5.43 Å². The second-order valence-corrected chi connectivity index (χ2v) is 5.53. The molecule has 0 aliphatic heterocycles. The fourth-order valence-corrected chi connectivity index (χ4v) is 1.50. The number of hydrogen-bond acceptors (Lipinski definition) is 4. The molecule has 1 aromatic carbocycles. The number of hydrogen-bond donors (Lipinski definition) is 2. The third kappa shape index (κ3) is 6.22. The summed E-state index contributed by atoms with van der Waals surface area (Å²) in [6.45, 7) is 0.562. The van der Waals surface area contributed by atoms with E-state index in [4.69, 9.17) is 4.55 Å². The van der Waals surface area contributed by atoms with E-state index in [0.29, 0.717) is 11.1 Å². The molecule has 0 aromatic heterocycles. The molecular weight excluding hydrogens is 244 g/mol. The summed E-state index contributed by atoms with van der Waals surface area (Å²) in [7, 11) is 1.45. The topological polar surface area (TPSA) is 75.6 Å². The predicted octanol–water partition coefficient (Wildman–Crippen LogP) is 0.579. The van der Waals surface area contributed by atoms with Gasteiger partial charge in [-0.2, -0.15) is 13.8 Å². The zero-order valence-corrected chi connectivity index (χ0v) is 10.9. The van der Waals surface area contributed by atoms with Gasteiger partial charge < -0.3 is 4.18 Å². The molecule has 0 fully saturated rings. The molecule has 7 heteroatoms. The Labute approximate surface area is 101 Å². The maximum Gasteiger partial charge on any atom is 0.446 e. The van der Waals surface area contributed by atoms with Gasteiger partial charge in [-0.05, 0) is 17.7 Å². The van der Waals surface area contributed by atoms with E-state index in [-0.39, 0.29) is 5.75 Å². The molecule has 0 saturated carbocycles. The molecule has 0 spiro atoms. The standard InChI is InChI=1S/C10H16N2O4S/c1-12(2,3)11-8-9-5-4-6-10(7-9)16-17(13,14)15/h4-7,11H,8H2,1-3H3/p+1. The van der Waals surface area contributed by atoms with Gasteiger partial charge in [0.2, 0.25) is 0 Å². The van der Waals surface area contributed by atoms with E-state index >= 15 is 0 Å². The van der Waals surface area contributed by atoms with Crippen molar-refractivity contribution in [1.29, 1.82) is 0 Å². The summed E-state index contributed by atoms with van der Waals surface area (Å²) in [6.07, 6.45) is 0. The van der Waals surface area contributed by atoms with E-state index < -0.39 is 10.4 Å². The van der Waals surface area contributed by atoms with Crippen LogP contribution < -0.4 is 9.61 Å². The monoisotopic (exact) mass is 261 g/mol. The Morgan fingerprint density at radius 2 is 2.00 bits per heavy atom. The minimum Gasteiger partial charge on any atom is -0.362 e. The Morgan fingerprint density at radius 3 is 2.53 bits per heavy atom. The molecule has 0 bridgehead atoms. The summed E-state index contributed by atoms with van der Waals surface area (Å²) >= 11 is 0. The number of nitrogens with zero attached hydrogens (tertiary/aromatic N) is 1. The molecule has 0 atom stereocenters. The Morgan fingerprint density at radius 1 is 1.35 bits per heavy atom. The molecule has 1 aromatic rings. The highest BCUT2D eigenvalue weighted by molar-refractivity contribution is 7.81. The normalized spacial score (nSPS) is 12.5. The van der Waals surface area contributed by atoms with Gasteiger partial charge >= 0.3 is 10.4 Å². The van der Waals surface area contributed by atoms with Gasteiger partial charge in [0.25, 0.3) is 0 Å². The third-order valence-electron chi connectivity index (χ3n) is 1.86. The zero-order valence-electron chi connectivity index (χ0n) is 10.0. The number of nitrogens with one attached hydrogen (secondary N) is 1. The Hall–Kier alpha value is -1.15. The first-order valence-electron chi connectivity index (χ1n) is 4.98. The smallest absolute Gasteiger partial charge is 0.362 e. The molecule has 1 rings (SSSR count). The summed E-state index contributed by atoms with van der Waals surface area (Å²) in [6, 6.07) is 6.51. The van der Waals surface area contributed by atoms with Crippen molar-refractivity contribution in [3.63, 3.8) is 0 Å². The molecule has 0 unspecified atom stereocenters. The highest BCUT2D eigenvalue weighted by Gasteiger charge is 2.09. The first-order valence-corrected chi connectivity index (χ1v) is 6.35. The second-order valence-electron chi connectivity index (χ2n) is 4.51. The minimum absolute atomic E-state index is 0.0909. The molecule has 0 amide bonds. The molecule has 6 nitrogen and oxygen atoms in total. The summed E-state index contributed by atoms with van der Waals surface area (Å²) < 4.78 is 34.6. The van der Waals surface area contributed by atoms with Crippen LogP contribution in [0.15, 0.2) is 24.3 Å². The van der Waals surface area contributed by atoms with Gasteiger partial charge in [-0.25, -0.2) is 0 Å². The molecule has 0 radical (unpaired) electrons. The molecule has 0 aliphatic rings. The SMILES string of the molecule is C[N+](C)(C)NCc1cccc(OS(=O)(=O)O)c1. The number of rotatable bonds is 5. The lowest BCUT2D eigenvalue weighted by atomic mass is 10.2. The predicted molar refractivity (Wildman–Crippen MR) is 63.5 cm³/mol. The van der Waals surface area contributed by atoms with E-state index in [1.54, 1.807) is 12.1 Å². The first kappa shape index (κ1) is 13.9. The molecule has 0 aliphatic carbocycles. The Balaban J connectivity index is 2.73. The fourth-order valence-electron chi connectivity index (χ4n) is 1.16. The molecule has 17 heavy (non-hydrogen) atoms. The average Bonchev–Trinajstić information content (AvgIpc) is 2.11. The Kier molecular flexibility index (Phi) is 4.10. The van der Waals surface area contributed by atoms with Crippen LogP contribution in [0.2, 0.25) is 0 Å². The van der Waals surface area contributed by atoms with Gasteiger partial charge in [0.1, 0.15) is 5.75 Å². The van der Waals surface area contributed by atoms with E-state index in [1.807, 2.05) is 27.2 Å². The maximum absolute atomic E-state index is 10.5. The van der Waals surface area contributed by atoms with Crippen LogP contribution in [-0.2, 0) is 16.9 Å². The van der Waals surface area contributed by atoms with Crippen LogP contribution >= 0.6 is 0 Å². The van der Waals surface area contributed by atoms with E-state index in [2.05, 4.69) is 9.61 Å². The highest BCUT2D eigenvalue weighted by Crippen LogP contribution is 2.14. The van der Waals surface area contributed by atoms with Crippen LogP contribution in [0.1, 0.15) is 5.56 Å². The van der Waals surface area contributed by atoms with Crippen LogP contribution in [0, 0.1) is 0 Å². The summed E-state index contributed by atoms with van der Waals surface area (Å²) in [5, 5.41) is 0. The summed E-state index contributed by atoms with van der Waals surface area (Å²) in [4.78, 5) is 0. The number of quaternary nitrogens is 1. The van der Waals surface area contributed by atoms with Crippen molar-refractivity contribution in [3.8, 4) is 5.75 Å². The minimum atomic E-state index is -4.46. The van der Waals surface area contributed by atoms with Crippen LogP contribution in [0.5, 0.6) is 5.75 Å². The lowest BCUT2D eigenvalue weighted by Crippen LogP contribution is -2.47. The highest BCUT2D eigenvalue weighted by atomic mass is 32.3.